The molecule has 0 spiro atoms. The molecule has 1 fully saturated rings. The average molecular weight is 480 g/mol. The number of ether oxygens (including phenoxy) is 1. The number of nitrogen functional groups attached to an aromatic ring is 1. The third kappa shape index (κ3) is 4.94. The topological polar surface area (TPSA) is 97.3 Å². The number of nitrogens with two attached hydrogens (primary N) is 1. The Morgan fingerprint density at radius 3 is 2.25 bits per heavy atom. The van der Waals surface area contributed by atoms with Gasteiger partial charge in [-0.25, -0.2) is 15.0 Å². The van der Waals surface area contributed by atoms with Crippen molar-refractivity contribution < 1.29 is 13.6 Å². The Morgan fingerprint density at radius 2 is 1.66 bits per heavy atom. The fourth-order valence-corrected chi connectivity index (χ4v) is 5.66. The summed E-state index contributed by atoms with van der Waals surface area (Å²) in [5.74, 6) is 0.374. The minimum atomic E-state index is -2.00. The minimum Gasteiger partial charge on any atom is -0.414 e. The lowest BCUT2D eigenvalue weighted by atomic mass is 10.2. The van der Waals surface area contributed by atoms with Crippen LogP contribution in [0.4, 0.5) is 5.82 Å². The van der Waals surface area contributed by atoms with Crippen LogP contribution in [0.25, 0.3) is 11.2 Å². The second-order valence-corrected chi connectivity index (χ2v) is 21.5. The highest BCUT2D eigenvalue weighted by atomic mass is 28.4. The van der Waals surface area contributed by atoms with Gasteiger partial charge in [0.05, 0.1) is 19.0 Å². The number of hydrogen-bond acceptors (Lipinski definition) is 7. The molecule has 0 aromatic carbocycles. The maximum Gasteiger partial charge on any atom is 0.192 e. The maximum absolute atomic E-state index is 6.85. The van der Waals surface area contributed by atoms with Gasteiger partial charge in [0, 0.05) is 6.42 Å². The molecule has 2 N–H and O–H groups in total. The third-order valence-electron chi connectivity index (χ3n) is 7.54. The molecule has 1 aliphatic rings. The fraction of sp³-hybridized carbons (Fsp3) is 0.773. The number of anilines is 1. The van der Waals surface area contributed by atoms with Crippen molar-refractivity contribution in [3.63, 3.8) is 0 Å². The summed E-state index contributed by atoms with van der Waals surface area (Å²) in [7, 11) is -3.91. The standard InChI is InChI=1S/C22H41N5O3Si2/c1-21(2,3)31(7,8)28-12-16-15(30-32(9,10)22(4,5)6)11-17(29-16)27-14-26-18-19(23)24-13-25-20(18)27/h13-17H,11-12H2,1-10H3,(H2,23,24,25)/t15-,16?,17?/m1/s1. The van der Waals surface area contributed by atoms with Crippen molar-refractivity contribution in [3.05, 3.63) is 12.7 Å². The van der Waals surface area contributed by atoms with Gasteiger partial charge in [0.1, 0.15) is 24.2 Å². The predicted octanol–water partition coefficient (Wildman–Crippen LogP) is 5.11. The van der Waals surface area contributed by atoms with Gasteiger partial charge < -0.3 is 19.3 Å². The van der Waals surface area contributed by atoms with E-state index in [1.807, 2.05) is 4.57 Å². The maximum atomic E-state index is 6.85. The van der Waals surface area contributed by atoms with Crippen LogP contribution in [0.5, 0.6) is 0 Å². The summed E-state index contributed by atoms with van der Waals surface area (Å²) < 4.78 is 21.9. The second-order valence-electron chi connectivity index (χ2n) is 11.9. The van der Waals surface area contributed by atoms with E-state index in [9.17, 15) is 0 Å². The van der Waals surface area contributed by atoms with Crippen LogP contribution >= 0.6 is 0 Å². The molecule has 3 heterocycles. The molecule has 0 amide bonds. The minimum absolute atomic E-state index is 0.0534. The Kier molecular flexibility index (Phi) is 6.69. The third-order valence-corrected chi connectivity index (χ3v) is 16.5. The van der Waals surface area contributed by atoms with Crippen LogP contribution in [0.3, 0.4) is 0 Å². The van der Waals surface area contributed by atoms with Gasteiger partial charge in [0.2, 0.25) is 0 Å². The fourth-order valence-electron chi connectivity index (χ4n) is 3.29. The molecule has 0 radical (unpaired) electrons. The van der Waals surface area contributed by atoms with Crippen LogP contribution in [-0.2, 0) is 13.6 Å². The number of imidazole rings is 1. The van der Waals surface area contributed by atoms with Gasteiger partial charge in [-0.1, -0.05) is 41.5 Å². The van der Waals surface area contributed by atoms with Gasteiger partial charge >= 0.3 is 0 Å². The number of rotatable bonds is 6. The van der Waals surface area contributed by atoms with Crippen molar-refractivity contribution in [3.8, 4) is 0 Å². The molecule has 2 unspecified atom stereocenters. The smallest absolute Gasteiger partial charge is 0.192 e. The van der Waals surface area contributed by atoms with Crippen LogP contribution in [0, 0.1) is 0 Å². The second kappa shape index (κ2) is 8.46. The SMILES string of the molecule is CC(C)(C)[Si](C)(C)OCC1OC(n2cnc3c(N)ncnc32)C[C@H]1O[Si](C)(C)C(C)(C)C. The summed E-state index contributed by atoms with van der Waals surface area (Å²) in [5.41, 5.74) is 7.26. The molecule has 0 saturated carbocycles. The molecule has 3 atom stereocenters. The predicted molar refractivity (Wildman–Crippen MR) is 133 cm³/mol. The van der Waals surface area contributed by atoms with Gasteiger partial charge in [-0.15, -0.1) is 0 Å². The van der Waals surface area contributed by atoms with E-state index in [0.29, 0.717) is 30.0 Å². The Hall–Kier alpha value is -1.34. The van der Waals surface area contributed by atoms with Gasteiger partial charge in [-0.3, -0.25) is 4.57 Å². The molecule has 3 rings (SSSR count). The molecule has 1 saturated heterocycles. The average Bonchev–Trinajstić information content (AvgIpc) is 3.22. The lowest BCUT2D eigenvalue weighted by Crippen LogP contribution is -2.48. The molecule has 0 aliphatic carbocycles. The van der Waals surface area contributed by atoms with Gasteiger partial charge in [0.25, 0.3) is 0 Å². The zero-order chi connectivity index (χ0) is 24.1. The first-order valence-electron chi connectivity index (χ1n) is 11.4. The quantitative estimate of drug-likeness (QED) is 0.575. The van der Waals surface area contributed by atoms with E-state index in [1.165, 1.54) is 6.33 Å². The Labute approximate surface area is 194 Å². The van der Waals surface area contributed by atoms with E-state index in [-0.39, 0.29) is 28.5 Å². The normalized spacial score (nSPS) is 23.2. The molecule has 1 aliphatic heterocycles. The molecule has 10 heteroatoms. The van der Waals surface area contributed by atoms with Crippen molar-refractivity contribution in [2.45, 2.75) is 103 Å². The van der Waals surface area contributed by atoms with E-state index >= 15 is 0 Å². The van der Waals surface area contributed by atoms with Crippen LogP contribution in [0.15, 0.2) is 12.7 Å². The summed E-state index contributed by atoms with van der Waals surface area (Å²) >= 11 is 0. The highest BCUT2D eigenvalue weighted by molar-refractivity contribution is 6.74. The Morgan fingerprint density at radius 1 is 1.03 bits per heavy atom. The molecule has 2 aromatic heterocycles. The lowest BCUT2D eigenvalue weighted by molar-refractivity contribution is -0.0383. The molecule has 0 bridgehead atoms. The van der Waals surface area contributed by atoms with Gasteiger partial charge in [-0.2, -0.15) is 0 Å². The highest BCUT2D eigenvalue weighted by Gasteiger charge is 2.46. The molecule has 32 heavy (non-hydrogen) atoms. The summed E-state index contributed by atoms with van der Waals surface area (Å²) in [6, 6.07) is 0. The zero-order valence-electron chi connectivity index (χ0n) is 21.4. The van der Waals surface area contributed by atoms with Crippen LogP contribution < -0.4 is 5.73 Å². The van der Waals surface area contributed by atoms with Gasteiger partial charge in [0.15, 0.2) is 28.1 Å². The Balaban J connectivity index is 1.87. The lowest BCUT2D eigenvalue weighted by Gasteiger charge is -2.40. The van der Waals surface area contributed by atoms with Crippen LogP contribution in [-0.4, -0.2) is 55.0 Å². The molecular weight excluding hydrogens is 438 g/mol. The van der Waals surface area contributed by atoms with E-state index in [1.54, 1.807) is 6.33 Å². The molecule has 8 nitrogen and oxygen atoms in total. The zero-order valence-corrected chi connectivity index (χ0v) is 23.4. The van der Waals surface area contributed by atoms with Crippen molar-refractivity contribution in [1.29, 1.82) is 0 Å². The molecular formula is C22H41N5O3Si2. The Bertz CT molecular complexity index is 949. The van der Waals surface area contributed by atoms with Crippen LogP contribution in [0.1, 0.15) is 54.2 Å². The van der Waals surface area contributed by atoms with E-state index in [4.69, 9.17) is 19.3 Å². The van der Waals surface area contributed by atoms with E-state index < -0.39 is 16.6 Å². The summed E-state index contributed by atoms with van der Waals surface area (Å²) in [5, 5.41) is 0.245. The number of hydrogen-bond donors (Lipinski definition) is 1. The molecule has 180 valence electrons. The van der Waals surface area contributed by atoms with Crippen molar-refractivity contribution in [2.75, 3.05) is 12.3 Å². The first kappa shape index (κ1) is 25.3. The van der Waals surface area contributed by atoms with Crippen LogP contribution in [0.2, 0.25) is 36.3 Å². The first-order chi connectivity index (χ1) is 14.5. The van der Waals surface area contributed by atoms with E-state index in [2.05, 4.69) is 82.7 Å². The number of nitrogens with zero attached hydrogens (tertiary/aromatic N) is 4. The first-order valence-corrected chi connectivity index (χ1v) is 17.3. The summed E-state index contributed by atoms with van der Waals surface area (Å²) in [6.07, 6.45) is 3.47. The summed E-state index contributed by atoms with van der Waals surface area (Å²) in [4.78, 5) is 12.9. The summed E-state index contributed by atoms with van der Waals surface area (Å²) in [6.45, 7) is 23.2. The molecule has 2 aromatic rings. The highest BCUT2D eigenvalue weighted by Crippen LogP contribution is 2.42. The largest absolute Gasteiger partial charge is 0.414 e. The monoisotopic (exact) mass is 479 g/mol. The van der Waals surface area contributed by atoms with Crippen molar-refractivity contribution in [2.24, 2.45) is 0 Å². The number of aromatic nitrogens is 4. The van der Waals surface area contributed by atoms with E-state index in [0.717, 1.165) is 0 Å². The van der Waals surface area contributed by atoms with Crippen molar-refractivity contribution in [1.82, 2.24) is 19.5 Å². The number of fused-ring (bicyclic) bond motifs is 1. The van der Waals surface area contributed by atoms with Gasteiger partial charge in [-0.05, 0) is 36.3 Å². The van der Waals surface area contributed by atoms with Crippen molar-refractivity contribution >= 4 is 33.6 Å².